The molecule has 0 aliphatic carbocycles. The molecule has 1 amide bonds. The van der Waals surface area contributed by atoms with Gasteiger partial charge in [-0.2, -0.15) is 5.10 Å². The molecular formula is C17H17BrN4O. The van der Waals surface area contributed by atoms with Crippen LogP contribution in [0.3, 0.4) is 0 Å². The van der Waals surface area contributed by atoms with Gasteiger partial charge >= 0.3 is 0 Å². The lowest BCUT2D eigenvalue weighted by Crippen LogP contribution is -2.15. The van der Waals surface area contributed by atoms with E-state index >= 15 is 0 Å². The third kappa shape index (κ3) is 3.53. The molecule has 0 radical (unpaired) electrons. The first-order valence-corrected chi connectivity index (χ1v) is 8.02. The zero-order chi connectivity index (χ0) is 16.4. The van der Waals surface area contributed by atoms with Crippen LogP contribution >= 0.6 is 15.9 Å². The second kappa shape index (κ2) is 6.42. The van der Waals surface area contributed by atoms with E-state index in [1.54, 1.807) is 0 Å². The van der Waals surface area contributed by atoms with Gasteiger partial charge in [0.15, 0.2) is 5.82 Å². The van der Waals surface area contributed by atoms with Gasteiger partial charge in [0.25, 0.3) is 0 Å². The Hall–Kier alpha value is -2.34. The van der Waals surface area contributed by atoms with Crippen LogP contribution in [0.25, 0.3) is 10.9 Å². The number of fused-ring (bicyclic) bond motifs is 1. The molecular weight excluding hydrogens is 356 g/mol. The van der Waals surface area contributed by atoms with Crippen LogP contribution in [0.5, 0.6) is 0 Å². The maximum atomic E-state index is 12.2. The zero-order valence-electron chi connectivity index (χ0n) is 12.9. The number of anilines is 2. The highest BCUT2D eigenvalue weighted by Crippen LogP contribution is 2.24. The molecule has 0 saturated carbocycles. The molecule has 6 heteroatoms. The van der Waals surface area contributed by atoms with Crippen molar-refractivity contribution in [3.63, 3.8) is 0 Å². The molecule has 0 bridgehead atoms. The summed E-state index contributed by atoms with van der Waals surface area (Å²) in [6.07, 6.45) is 0.318. The average Bonchev–Trinajstić information content (AvgIpc) is 2.89. The van der Waals surface area contributed by atoms with Crippen molar-refractivity contribution < 1.29 is 4.79 Å². The zero-order valence-corrected chi connectivity index (χ0v) is 14.5. The number of carbonyl (C=O) groups excluding carboxylic acids is 1. The minimum absolute atomic E-state index is 0.0843. The fourth-order valence-electron chi connectivity index (χ4n) is 2.36. The molecule has 0 spiro atoms. The fraction of sp³-hybridized carbons (Fsp3) is 0.176. The predicted octanol–water partition coefficient (Wildman–Crippen LogP) is 3.57. The van der Waals surface area contributed by atoms with Crippen LogP contribution in [-0.2, 0) is 11.2 Å². The second-order valence-corrected chi connectivity index (χ2v) is 6.46. The number of halogens is 1. The van der Waals surface area contributed by atoms with Gasteiger partial charge in [0.2, 0.25) is 5.91 Å². The molecule has 0 fully saturated rings. The van der Waals surface area contributed by atoms with Gasteiger partial charge in [-0.25, -0.2) is 0 Å². The number of nitrogens with one attached hydrogen (secondary N) is 2. The molecule has 0 saturated heterocycles. The minimum atomic E-state index is -0.0843. The number of hydrogen-bond donors (Lipinski definition) is 2. The standard InChI is InChI=1S/C17H17BrN4O/c1-22(2)13-6-3-11(4-7-13)9-16(23)19-17-14-8-5-12(18)10-15(14)20-21-17/h3-8,10H,9H2,1-2H3,(H2,19,20,21,23). The van der Waals surface area contributed by atoms with Crippen LogP contribution in [0, 0.1) is 0 Å². The van der Waals surface area contributed by atoms with Gasteiger partial charge in [-0.3, -0.25) is 9.89 Å². The summed E-state index contributed by atoms with van der Waals surface area (Å²) in [4.78, 5) is 14.3. The quantitative estimate of drug-likeness (QED) is 0.735. The Morgan fingerprint density at radius 3 is 2.65 bits per heavy atom. The summed E-state index contributed by atoms with van der Waals surface area (Å²) in [6.45, 7) is 0. The van der Waals surface area contributed by atoms with Crippen molar-refractivity contribution in [3.8, 4) is 0 Å². The van der Waals surface area contributed by atoms with E-state index in [0.717, 1.165) is 26.6 Å². The van der Waals surface area contributed by atoms with E-state index in [2.05, 4.69) is 31.4 Å². The van der Waals surface area contributed by atoms with Crippen LogP contribution in [-0.4, -0.2) is 30.2 Å². The number of amides is 1. The van der Waals surface area contributed by atoms with Gasteiger partial charge in [-0.05, 0) is 35.9 Å². The molecule has 3 rings (SSSR count). The Morgan fingerprint density at radius 2 is 1.96 bits per heavy atom. The molecule has 2 N–H and O–H groups in total. The molecule has 0 aliphatic heterocycles. The molecule has 118 valence electrons. The van der Waals surface area contributed by atoms with E-state index in [9.17, 15) is 4.79 Å². The summed E-state index contributed by atoms with van der Waals surface area (Å²) in [5.41, 5.74) is 2.96. The SMILES string of the molecule is CN(C)c1ccc(CC(=O)Nc2n[nH]c3cc(Br)ccc23)cc1. The Bertz CT molecular complexity index is 839. The van der Waals surface area contributed by atoms with Gasteiger partial charge < -0.3 is 10.2 Å². The smallest absolute Gasteiger partial charge is 0.230 e. The van der Waals surface area contributed by atoms with Crippen molar-refractivity contribution in [2.45, 2.75) is 6.42 Å². The first kappa shape index (κ1) is 15.6. The van der Waals surface area contributed by atoms with E-state index < -0.39 is 0 Å². The van der Waals surface area contributed by atoms with Crippen molar-refractivity contribution in [1.29, 1.82) is 0 Å². The molecule has 0 aliphatic rings. The van der Waals surface area contributed by atoms with Crippen molar-refractivity contribution in [1.82, 2.24) is 10.2 Å². The van der Waals surface area contributed by atoms with E-state index in [1.807, 2.05) is 61.5 Å². The van der Waals surface area contributed by atoms with Gasteiger partial charge in [0.1, 0.15) is 0 Å². The second-order valence-electron chi connectivity index (χ2n) is 5.55. The molecule has 1 heterocycles. The largest absolute Gasteiger partial charge is 0.378 e. The number of carbonyl (C=O) groups is 1. The lowest BCUT2D eigenvalue weighted by atomic mass is 10.1. The summed E-state index contributed by atoms with van der Waals surface area (Å²) in [6, 6.07) is 13.7. The highest BCUT2D eigenvalue weighted by atomic mass is 79.9. The van der Waals surface area contributed by atoms with Crippen molar-refractivity contribution in [2.24, 2.45) is 0 Å². The Morgan fingerprint density at radius 1 is 1.22 bits per heavy atom. The monoisotopic (exact) mass is 372 g/mol. The van der Waals surface area contributed by atoms with Gasteiger partial charge in [0.05, 0.1) is 11.9 Å². The number of aromatic nitrogens is 2. The summed E-state index contributed by atoms with van der Waals surface area (Å²) < 4.78 is 0.965. The Labute approximate surface area is 142 Å². The molecule has 0 atom stereocenters. The normalized spacial score (nSPS) is 10.7. The fourth-order valence-corrected chi connectivity index (χ4v) is 2.72. The van der Waals surface area contributed by atoms with Crippen LogP contribution in [0.2, 0.25) is 0 Å². The van der Waals surface area contributed by atoms with E-state index in [-0.39, 0.29) is 5.91 Å². The van der Waals surface area contributed by atoms with Crippen molar-refractivity contribution >= 4 is 44.2 Å². The summed E-state index contributed by atoms with van der Waals surface area (Å²) in [5.74, 6) is 0.473. The van der Waals surface area contributed by atoms with Crippen LogP contribution in [0.4, 0.5) is 11.5 Å². The maximum absolute atomic E-state index is 12.2. The number of hydrogen-bond acceptors (Lipinski definition) is 3. The first-order chi connectivity index (χ1) is 11.0. The van der Waals surface area contributed by atoms with Crippen LogP contribution in [0.15, 0.2) is 46.9 Å². The first-order valence-electron chi connectivity index (χ1n) is 7.22. The number of aromatic amines is 1. The van der Waals surface area contributed by atoms with E-state index in [4.69, 9.17) is 0 Å². The van der Waals surface area contributed by atoms with Crippen molar-refractivity contribution in [2.75, 3.05) is 24.3 Å². The summed E-state index contributed by atoms with van der Waals surface area (Å²) in [7, 11) is 3.98. The number of rotatable bonds is 4. The maximum Gasteiger partial charge on any atom is 0.230 e. The highest BCUT2D eigenvalue weighted by Gasteiger charge is 2.10. The molecule has 2 aromatic carbocycles. The van der Waals surface area contributed by atoms with Crippen LogP contribution < -0.4 is 10.2 Å². The van der Waals surface area contributed by atoms with Gasteiger partial charge in [-0.15, -0.1) is 0 Å². The number of benzene rings is 2. The average molecular weight is 373 g/mol. The summed E-state index contributed by atoms with van der Waals surface area (Å²) >= 11 is 3.41. The summed E-state index contributed by atoms with van der Waals surface area (Å²) in [5, 5.41) is 10.8. The molecule has 5 nitrogen and oxygen atoms in total. The van der Waals surface area contributed by atoms with Crippen molar-refractivity contribution in [3.05, 3.63) is 52.5 Å². The minimum Gasteiger partial charge on any atom is -0.378 e. The molecule has 0 unspecified atom stereocenters. The van der Waals surface area contributed by atoms with Crippen LogP contribution in [0.1, 0.15) is 5.56 Å². The lowest BCUT2D eigenvalue weighted by Gasteiger charge is -2.12. The predicted molar refractivity (Wildman–Crippen MR) is 96.9 cm³/mol. The lowest BCUT2D eigenvalue weighted by molar-refractivity contribution is -0.115. The Balaban J connectivity index is 1.71. The van der Waals surface area contributed by atoms with E-state index in [1.165, 1.54) is 0 Å². The van der Waals surface area contributed by atoms with Gasteiger partial charge in [0, 0.05) is 29.6 Å². The molecule has 3 aromatic rings. The van der Waals surface area contributed by atoms with Gasteiger partial charge in [-0.1, -0.05) is 28.1 Å². The Kier molecular flexibility index (Phi) is 4.34. The van der Waals surface area contributed by atoms with E-state index in [0.29, 0.717) is 12.2 Å². The highest BCUT2D eigenvalue weighted by molar-refractivity contribution is 9.10. The molecule has 1 aromatic heterocycles. The topological polar surface area (TPSA) is 61.0 Å². The third-order valence-electron chi connectivity index (χ3n) is 3.60. The molecule has 23 heavy (non-hydrogen) atoms. The number of H-pyrrole nitrogens is 1. The third-order valence-corrected chi connectivity index (χ3v) is 4.09. The number of nitrogens with zero attached hydrogens (tertiary/aromatic N) is 2.